The number of hydrogen-bond acceptors (Lipinski definition) is 5. The maximum Gasteiger partial charge on any atom is 0.309 e. The largest absolute Gasteiger partial charge is 0.461 e. The highest BCUT2D eigenvalue weighted by molar-refractivity contribution is 5.72. The molecule has 0 unspecified atom stereocenters. The van der Waals surface area contributed by atoms with E-state index in [0.717, 1.165) is 25.7 Å². The summed E-state index contributed by atoms with van der Waals surface area (Å²) in [6, 6.07) is 5.30. The summed E-state index contributed by atoms with van der Waals surface area (Å²) in [7, 11) is 0. The lowest BCUT2D eigenvalue weighted by Gasteiger charge is -2.19. The van der Waals surface area contributed by atoms with E-state index in [0.29, 0.717) is 17.2 Å². The van der Waals surface area contributed by atoms with E-state index >= 15 is 0 Å². The van der Waals surface area contributed by atoms with Gasteiger partial charge in [0.2, 0.25) is 5.76 Å². The van der Waals surface area contributed by atoms with E-state index in [1.165, 1.54) is 6.42 Å². The van der Waals surface area contributed by atoms with Gasteiger partial charge in [-0.25, -0.2) is 0 Å². The maximum atomic E-state index is 11.9. The molecule has 5 heteroatoms. The molecule has 1 aliphatic rings. The third kappa shape index (κ3) is 2.92. The van der Waals surface area contributed by atoms with Crippen LogP contribution in [0, 0.1) is 5.92 Å². The molecule has 2 aromatic rings. The van der Waals surface area contributed by atoms with Crippen LogP contribution in [0.15, 0.2) is 33.4 Å². The molecule has 106 valence electrons. The molecular formula is C15H17NO4. The van der Waals surface area contributed by atoms with Gasteiger partial charge >= 0.3 is 5.97 Å². The second-order valence-corrected chi connectivity index (χ2v) is 5.10. The van der Waals surface area contributed by atoms with E-state index in [2.05, 4.69) is 5.16 Å². The quantitative estimate of drug-likeness (QED) is 0.798. The molecule has 0 amide bonds. The summed E-state index contributed by atoms with van der Waals surface area (Å²) in [6.07, 6.45) is 6.91. The zero-order valence-corrected chi connectivity index (χ0v) is 11.2. The fourth-order valence-corrected chi connectivity index (χ4v) is 2.52. The maximum absolute atomic E-state index is 11.9. The molecule has 1 aliphatic carbocycles. The molecule has 1 saturated carbocycles. The molecule has 0 spiro atoms. The third-order valence-corrected chi connectivity index (χ3v) is 3.62. The van der Waals surface area contributed by atoms with Crippen molar-refractivity contribution in [2.24, 2.45) is 5.92 Å². The minimum absolute atomic E-state index is 0.0557. The molecule has 0 saturated heterocycles. The lowest BCUT2D eigenvalue weighted by atomic mass is 9.89. The van der Waals surface area contributed by atoms with Crippen LogP contribution in [0.25, 0.3) is 11.5 Å². The number of ether oxygens (including phenoxy) is 1. The van der Waals surface area contributed by atoms with E-state index in [1.54, 1.807) is 24.5 Å². The number of esters is 1. The molecule has 20 heavy (non-hydrogen) atoms. The average Bonchev–Trinajstić information content (AvgIpc) is 3.16. The Kier molecular flexibility index (Phi) is 3.85. The highest BCUT2D eigenvalue weighted by Crippen LogP contribution is 2.25. The first-order valence-electron chi connectivity index (χ1n) is 6.99. The molecule has 0 bridgehead atoms. The predicted molar refractivity (Wildman–Crippen MR) is 70.6 cm³/mol. The molecule has 0 aliphatic heterocycles. The van der Waals surface area contributed by atoms with Gasteiger partial charge in [0.1, 0.15) is 12.3 Å². The summed E-state index contributed by atoms with van der Waals surface area (Å²) < 4.78 is 15.7. The first-order chi connectivity index (χ1) is 9.83. The van der Waals surface area contributed by atoms with Crippen LogP contribution in [0.1, 0.15) is 37.8 Å². The van der Waals surface area contributed by atoms with Crippen molar-refractivity contribution in [3.63, 3.8) is 0 Å². The van der Waals surface area contributed by atoms with Crippen LogP contribution in [0.3, 0.4) is 0 Å². The number of carbonyl (C=O) groups excluding carboxylic acids is 1. The lowest BCUT2D eigenvalue weighted by Crippen LogP contribution is -2.20. The van der Waals surface area contributed by atoms with Gasteiger partial charge in [0.25, 0.3) is 0 Å². The van der Waals surface area contributed by atoms with Crippen LogP contribution >= 0.6 is 0 Å². The van der Waals surface area contributed by atoms with E-state index in [4.69, 9.17) is 13.7 Å². The third-order valence-electron chi connectivity index (χ3n) is 3.62. The van der Waals surface area contributed by atoms with E-state index in [-0.39, 0.29) is 18.5 Å². The fourth-order valence-electron chi connectivity index (χ4n) is 2.52. The highest BCUT2D eigenvalue weighted by Gasteiger charge is 2.22. The second kappa shape index (κ2) is 5.94. The standard InChI is InChI=1S/C15H17NO4/c17-15(11-5-2-1-3-6-11)19-10-12-9-14(20-16-12)13-7-4-8-18-13/h4,7-9,11H,1-3,5-6,10H2. The number of furan rings is 1. The van der Waals surface area contributed by atoms with Crippen LogP contribution in [0.5, 0.6) is 0 Å². The molecule has 2 heterocycles. The van der Waals surface area contributed by atoms with Crippen LogP contribution in [0.2, 0.25) is 0 Å². The molecule has 5 nitrogen and oxygen atoms in total. The fraction of sp³-hybridized carbons (Fsp3) is 0.467. The normalized spacial score (nSPS) is 16.2. The second-order valence-electron chi connectivity index (χ2n) is 5.10. The van der Waals surface area contributed by atoms with E-state index in [1.807, 2.05) is 0 Å². The number of carbonyl (C=O) groups is 1. The number of aromatic nitrogens is 1. The lowest BCUT2D eigenvalue weighted by molar-refractivity contribution is -0.151. The van der Waals surface area contributed by atoms with Crippen LogP contribution < -0.4 is 0 Å². The monoisotopic (exact) mass is 275 g/mol. The zero-order valence-electron chi connectivity index (χ0n) is 11.2. The highest BCUT2D eigenvalue weighted by atomic mass is 16.5. The Morgan fingerprint density at radius 2 is 2.15 bits per heavy atom. The Morgan fingerprint density at radius 3 is 2.90 bits per heavy atom. The summed E-state index contributed by atoms with van der Waals surface area (Å²) in [5, 5.41) is 3.88. The van der Waals surface area contributed by atoms with Crippen LogP contribution in [-0.4, -0.2) is 11.1 Å². The van der Waals surface area contributed by atoms with Crippen molar-refractivity contribution >= 4 is 5.97 Å². The molecule has 3 rings (SSSR count). The van der Waals surface area contributed by atoms with Crippen molar-refractivity contribution in [1.82, 2.24) is 5.16 Å². The Bertz CT molecular complexity index is 552. The summed E-state index contributed by atoms with van der Waals surface area (Å²) in [6.45, 7) is 0.152. The molecular weight excluding hydrogens is 258 g/mol. The minimum Gasteiger partial charge on any atom is -0.461 e. The summed E-state index contributed by atoms with van der Waals surface area (Å²) in [4.78, 5) is 11.9. The van der Waals surface area contributed by atoms with Crippen molar-refractivity contribution < 1.29 is 18.5 Å². The zero-order chi connectivity index (χ0) is 13.8. The van der Waals surface area contributed by atoms with Crippen molar-refractivity contribution in [2.75, 3.05) is 0 Å². The minimum atomic E-state index is -0.118. The molecule has 0 N–H and O–H groups in total. The molecule has 1 fully saturated rings. The number of hydrogen-bond donors (Lipinski definition) is 0. The smallest absolute Gasteiger partial charge is 0.309 e. The molecule has 0 atom stereocenters. The van der Waals surface area contributed by atoms with E-state index in [9.17, 15) is 4.79 Å². The van der Waals surface area contributed by atoms with Gasteiger partial charge in [-0.1, -0.05) is 24.4 Å². The Balaban J connectivity index is 1.54. The van der Waals surface area contributed by atoms with Crippen molar-refractivity contribution in [3.05, 3.63) is 30.2 Å². The van der Waals surface area contributed by atoms with Gasteiger partial charge in [-0.2, -0.15) is 0 Å². The predicted octanol–water partition coefficient (Wildman–Crippen LogP) is 3.56. The van der Waals surface area contributed by atoms with Gasteiger partial charge in [-0.3, -0.25) is 4.79 Å². The summed E-state index contributed by atoms with van der Waals surface area (Å²) in [5.74, 6) is 1.09. The summed E-state index contributed by atoms with van der Waals surface area (Å²) >= 11 is 0. The topological polar surface area (TPSA) is 65.5 Å². The van der Waals surface area contributed by atoms with E-state index < -0.39 is 0 Å². The van der Waals surface area contributed by atoms with Gasteiger partial charge in [0.05, 0.1) is 12.2 Å². The average molecular weight is 275 g/mol. The molecule has 2 aromatic heterocycles. The Hall–Kier alpha value is -2.04. The number of nitrogens with zero attached hydrogens (tertiary/aromatic N) is 1. The van der Waals surface area contributed by atoms with Crippen molar-refractivity contribution in [2.45, 2.75) is 38.7 Å². The summed E-state index contributed by atoms with van der Waals surface area (Å²) in [5.41, 5.74) is 0.598. The Labute approximate surface area is 116 Å². The van der Waals surface area contributed by atoms with Gasteiger partial charge < -0.3 is 13.7 Å². The Morgan fingerprint density at radius 1 is 1.30 bits per heavy atom. The van der Waals surface area contributed by atoms with Crippen molar-refractivity contribution in [1.29, 1.82) is 0 Å². The van der Waals surface area contributed by atoms with Gasteiger partial charge in [0, 0.05) is 6.07 Å². The molecule has 0 aromatic carbocycles. The molecule has 0 radical (unpaired) electrons. The van der Waals surface area contributed by atoms with Crippen molar-refractivity contribution in [3.8, 4) is 11.5 Å². The first-order valence-corrected chi connectivity index (χ1v) is 6.99. The van der Waals surface area contributed by atoms with Gasteiger partial charge in [-0.05, 0) is 25.0 Å². The number of rotatable bonds is 4. The van der Waals surface area contributed by atoms with Gasteiger partial charge in [-0.15, -0.1) is 0 Å². The first kappa shape index (κ1) is 13.0. The van der Waals surface area contributed by atoms with Crippen LogP contribution in [0.4, 0.5) is 0 Å². The van der Waals surface area contributed by atoms with Gasteiger partial charge in [0.15, 0.2) is 5.76 Å². The van der Waals surface area contributed by atoms with Crippen LogP contribution in [-0.2, 0) is 16.1 Å². The SMILES string of the molecule is O=C(OCc1cc(-c2ccco2)on1)C1CCCCC1.